The van der Waals surface area contributed by atoms with Crippen LogP contribution in [0.2, 0.25) is 0 Å². The summed E-state index contributed by atoms with van der Waals surface area (Å²) in [6.45, 7) is 2.75. The predicted molar refractivity (Wildman–Crippen MR) is 121 cm³/mol. The number of rotatable bonds is 6. The first-order valence-electron chi connectivity index (χ1n) is 10.2. The van der Waals surface area contributed by atoms with Gasteiger partial charge in [-0.05, 0) is 53.3 Å². The number of carbonyl (C=O) groups is 2. The Morgan fingerprint density at radius 3 is 2.52 bits per heavy atom. The Bertz CT molecular complexity index is 1200. The molecular weight excluding hydrogens is 388 g/mol. The van der Waals surface area contributed by atoms with E-state index >= 15 is 0 Å². The van der Waals surface area contributed by atoms with Crippen molar-refractivity contribution in [2.45, 2.75) is 19.9 Å². The molecule has 31 heavy (non-hydrogen) atoms. The van der Waals surface area contributed by atoms with E-state index in [0.717, 1.165) is 27.8 Å². The molecule has 6 heteroatoms. The minimum atomic E-state index is -0.633. The molecule has 4 aromatic rings. The molecule has 0 unspecified atom stereocenters. The number of carbonyl (C=O) groups excluding carboxylic acids is 2. The second-order valence-corrected chi connectivity index (χ2v) is 7.44. The fourth-order valence-electron chi connectivity index (χ4n) is 3.65. The van der Waals surface area contributed by atoms with Gasteiger partial charge in [0.25, 0.3) is 0 Å². The van der Waals surface area contributed by atoms with Gasteiger partial charge >= 0.3 is 11.8 Å². The van der Waals surface area contributed by atoms with Gasteiger partial charge in [0.05, 0.1) is 0 Å². The van der Waals surface area contributed by atoms with Gasteiger partial charge in [0.15, 0.2) is 0 Å². The number of benzene rings is 2. The molecule has 0 saturated heterocycles. The number of hydrogen-bond acceptors (Lipinski definition) is 3. The third kappa shape index (κ3) is 4.80. The summed E-state index contributed by atoms with van der Waals surface area (Å²) in [5, 5.41) is 6.55. The number of nitrogens with one attached hydrogen (secondary N) is 3. The van der Waals surface area contributed by atoms with Gasteiger partial charge in [-0.3, -0.25) is 14.6 Å². The summed E-state index contributed by atoms with van der Waals surface area (Å²) in [6.07, 6.45) is 6.15. The fraction of sp³-hybridized carbons (Fsp3) is 0.160. The molecule has 2 aromatic carbocycles. The number of amides is 2. The molecule has 0 fully saturated rings. The molecule has 0 aliphatic carbocycles. The fourth-order valence-corrected chi connectivity index (χ4v) is 3.65. The molecule has 0 saturated carbocycles. The van der Waals surface area contributed by atoms with Gasteiger partial charge in [0.1, 0.15) is 0 Å². The average Bonchev–Trinajstić information content (AvgIpc) is 3.22. The van der Waals surface area contributed by atoms with Gasteiger partial charge in [0, 0.05) is 42.6 Å². The summed E-state index contributed by atoms with van der Waals surface area (Å²) in [6, 6.07) is 17.8. The molecule has 0 spiro atoms. The Labute approximate surface area is 180 Å². The van der Waals surface area contributed by atoms with Crippen LogP contribution < -0.4 is 10.6 Å². The van der Waals surface area contributed by atoms with Crippen molar-refractivity contribution in [1.29, 1.82) is 0 Å². The summed E-state index contributed by atoms with van der Waals surface area (Å²) in [5.41, 5.74) is 6.39. The lowest BCUT2D eigenvalue weighted by atomic mass is 10.1. The smallest absolute Gasteiger partial charge is 0.309 e. The Morgan fingerprint density at radius 2 is 1.74 bits per heavy atom. The third-order valence-electron chi connectivity index (χ3n) is 5.28. The first-order chi connectivity index (χ1) is 15.1. The number of H-pyrrole nitrogens is 1. The van der Waals surface area contributed by atoms with E-state index in [-0.39, 0.29) is 0 Å². The van der Waals surface area contributed by atoms with Crippen LogP contribution in [0.5, 0.6) is 0 Å². The second-order valence-electron chi connectivity index (χ2n) is 7.44. The third-order valence-corrected chi connectivity index (χ3v) is 5.28. The lowest BCUT2D eigenvalue weighted by molar-refractivity contribution is -0.139. The minimum Gasteiger partial charge on any atom is -0.361 e. The van der Waals surface area contributed by atoms with E-state index in [1.54, 1.807) is 12.4 Å². The molecule has 2 heterocycles. The van der Waals surface area contributed by atoms with E-state index in [1.807, 2.05) is 54.7 Å². The zero-order valence-electron chi connectivity index (χ0n) is 17.3. The van der Waals surface area contributed by atoms with Crippen LogP contribution in [-0.4, -0.2) is 28.3 Å². The molecule has 156 valence electrons. The Kier molecular flexibility index (Phi) is 6.08. The van der Waals surface area contributed by atoms with E-state index < -0.39 is 11.8 Å². The number of pyridine rings is 1. The Balaban J connectivity index is 1.25. The highest BCUT2D eigenvalue weighted by Crippen LogP contribution is 2.22. The van der Waals surface area contributed by atoms with Gasteiger partial charge in [-0.2, -0.15) is 0 Å². The van der Waals surface area contributed by atoms with Gasteiger partial charge in [-0.15, -0.1) is 0 Å². The molecule has 6 nitrogen and oxygen atoms in total. The number of fused-ring (bicyclic) bond motifs is 1. The van der Waals surface area contributed by atoms with Crippen LogP contribution in [0.4, 0.5) is 0 Å². The van der Waals surface area contributed by atoms with Crippen molar-refractivity contribution >= 4 is 22.7 Å². The van der Waals surface area contributed by atoms with E-state index in [2.05, 4.69) is 33.6 Å². The lowest BCUT2D eigenvalue weighted by Gasteiger charge is -2.08. The summed E-state index contributed by atoms with van der Waals surface area (Å²) in [4.78, 5) is 31.6. The monoisotopic (exact) mass is 412 g/mol. The maximum Gasteiger partial charge on any atom is 0.309 e. The van der Waals surface area contributed by atoms with Crippen LogP contribution in [0.1, 0.15) is 16.7 Å². The van der Waals surface area contributed by atoms with Crippen molar-refractivity contribution in [2.75, 3.05) is 6.54 Å². The van der Waals surface area contributed by atoms with Crippen LogP contribution >= 0.6 is 0 Å². The maximum absolute atomic E-state index is 12.1. The van der Waals surface area contributed by atoms with E-state index in [1.165, 1.54) is 10.9 Å². The van der Waals surface area contributed by atoms with Gasteiger partial charge in [-0.25, -0.2) is 0 Å². The lowest BCUT2D eigenvalue weighted by Crippen LogP contribution is -2.40. The summed E-state index contributed by atoms with van der Waals surface area (Å²) in [7, 11) is 0. The van der Waals surface area contributed by atoms with Crippen LogP contribution in [0.25, 0.3) is 22.0 Å². The van der Waals surface area contributed by atoms with E-state index in [4.69, 9.17) is 0 Å². The largest absolute Gasteiger partial charge is 0.361 e. The summed E-state index contributed by atoms with van der Waals surface area (Å²) >= 11 is 0. The first-order valence-corrected chi connectivity index (χ1v) is 10.2. The number of nitrogens with zero attached hydrogens (tertiary/aromatic N) is 1. The Hall–Kier alpha value is -3.93. The van der Waals surface area contributed by atoms with Crippen LogP contribution in [-0.2, 0) is 22.6 Å². The molecule has 4 rings (SSSR count). The topological polar surface area (TPSA) is 86.9 Å². The summed E-state index contributed by atoms with van der Waals surface area (Å²) < 4.78 is 0. The van der Waals surface area contributed by atoms with Crippen molar-refractivity contribution in [3.63, 3.8) is 0 Å². The second kappa shape index (κ2) is 9.26. The van der Waals surface area contributed by atoms with Crippen molar-refractivity contribution in [2.24, 2.45) is 0 Å². The van der Waals surface area contributed by atoms with Crippen molar-refractivity contribution in [1.82, 2.24) is 20.6 Å². The van der Waals surface area contributed by atoms with Crippen molar-refractivity contribution in [3.8, 4) is 11.1 Å². The molecule has 2 amide bonds. The molecular formula is C25H24N4O2. The molecule has 0 aliphatic rings. The Morgan fingerprint density at radius 1 is 0.935 bits per heavy atom. The van der Waals surface area contributed by atoms with Crippen molar-refractivity contribution in [3.05, 3.63) is 89.9 Å². The predicted octanol–water partition coefficient (Wildman–Crippen LogP) is 3.51. The van der Waals surface area contributed by atoms with E-state index in [0.29, 0.717) is 19.5 Å². The standard InChI is InChI=1S/C25H24N4O2/c1-17-4-2-6-22-23(17)21(16-28-22)11-13-27-24(30)25(31)29-14-18-7-9-19(10-8-18)20-5-3-12-26-15-20/h2-10,12,15-16,28H,11,13-14H2,1H3,(H,27,30)(H,29,31). The van der Waals surface area contributed by atoms with Crippen LogP contribution in [0.15, 0.2) is 73.2 Å². The van der Waals surface area contributed by atoms with E-state index in [9.17, 15) is 9.59 Å². The normalized spacial score (nSPS) is 10.7. The first kappa shape index (κ1) is 20.3. The highest BCUT2D eigenvalue weighted by atomic mass is 16.2. The van der Waals surface area contributed by atoms with Crippen molar-refractivity contribution < 1.29 is 9.59 Å². The maximum atomic E-state index is 12.1. The molecule has 0 atom stereocenters. The number of aryl methyl sites for hydroxylation is 1. The van der Waals surface area contributed by atoms with Gasteiger partial charge in [0.2, 0.25) is 0 Å². The highest BCUT2D eigenvalue weighted by Gasteiger charge is 2.13. The molecule has 2 aromatic heterocycles. The zero-order chi connectivity index (χ0) is 21.6. The molecule has 0 aliphatic heterocycles. The average molecular weight is 412 g/mol. The zero-order valence-corrected chi connectivity index (χ0v) is 17.3. The molecule has 3 N–H and O–H groups in total. The SMILES string of the molecule is Cc1cccc2[nH]cc(CCNC(=O)C(=O)NCc3ccc(-c4cccnc4)cc3)c12. The number of aromatic nitrogens is 2. The van der Waals surface area contributed by atoms with Gasteiger partial charge in [-0.1, -0.05) is 42.5 Å². The summed E-state index contributed by atoms with van der Waals surface area (Å²) in [5.74, 6) is -1.25. The quantitative estimate of drug-likeness (QED) is 0.424. The van der Waals surface area contributed by atoms with Crippen LogP contribution in [0.3, 0.4) is 0 Å². The molecule has 0 radical (unpaired) electrons. The number of aromatic amines is 1. The minimum absolute atomic E-state index is 0.293. The van der Waals surface area contributed by atoms with Gasteiger partial charge < -0.3 is 15.6 Å². The highest BCUT2D eigenvalue weighted by molar-refractivity contribution is 6.35. The number of hydrogen-bond donors (Lipinski definition) is 3. The molecule has 0 bridgehead atoms. The van der Waals surface area contributed by atoms with Crippen LogP contribution in [0, 0.1) is 6.92 Å².